The highest BCUT2D eigenvalue weighted by Crippen LogP contribution is 2.64. The summed E-state index contributed by atoms with van der Waals surface area (Å²) in [6, 6.07) is 0. The van der Waals surface area contributed by atoms with Gasteiger partial charge in [0, 0.05) is 18.3 Å². The fourth-order valence-corrected chi connectivity index (χ4v) is 6.36. The van der Waals surface area contributed by atoms with Crippen molar-refractivity contribution in [3.63, 3.8) is 0 Å². The molecule has 4 unspecified atom stereocenters. The SMILES string of the molecule is C#C[C@]1(O)CCC2C3CC=C4CC(=O)CCC4C3CC[C@@]21C. The molecule has 0 aromatic rings. The summed E-state index contributed by atoms with van der Waals surface area (Å²) in [5.41, 5.74) is 0.403. The molecular weight excluding hydrogens is 272 g/mol. The highest BCUT2D eigenvalue weighted by atomic mass is 16.3. The predicted molar refractivity (Wildman–Crippen MR) is 85.9 cm³/mol. The van der Waals surface area contributed by atoms with Gasteiger partial charge < -0.3 is 5.11 Å². The number of carbonyl (C=O) groups excluding carboxylic acids is 1. The number of terminal acetylenes is 1. The van der Waals surface area contributed by atoms with Crippen LogP contribution in [0.4, 0.5) is 0 Å². The average molecular weight is 298 g/mol. The third-order valence-corrected chi connectivity index (χ3v) is 7.66. The normalized spacial score (nSPS) is 50.4. The highest BCUT2D eigenvalue weighted by molar-refractivity contribution is 5.82. The lowest BCUT2D eigenvalue weighted by atomic mass is 9.51. The molecule has 0 spiro atoms. The Hall–Kier alpha value is -1.07. The molecule has 3 fully saturated rings. The highest BCUT2D eigenvalue weighted by Gasteiger charge is 2.61. The third-order valence-electron chi connectivity index (χ3n) is 7.66. The number of aliphatic hydroxyl groups is 1. The number of Topliss-reactive ketones (excluding diaryl/α,β-unsaturated/α-hetero) is 1. The zero-order valence-electron chi connectivity index (χ0n) is 13.5. The van der Waals surface area contributed by atoms with Crippen molar-refractivity contribution < 1.29 is 9.90 Å². The molecule has 0 aromatic carbocycles. The van der Waals surface area contributed by atoms with E-state index in [9.17, 15) is 9.90 Å². The van der Waals surface area contributed by atoms with E-state index in [1.54, 1.807) is 0 Å². The minimum atomic E-state index is -0.908. The molecule has 118 valence electrons. The van der Waals surface area contributed by atoms with E-state index in [1.165, 1.54) is 5.57 Å². The Morgan fingerprint density at radius 2 is 2.09 bits per heavy atom. The first-order chi connectivity index (χ1) is 10.5. The Balaban J connectivity index is 1.66. The molecule has 4 aliphatic rings. The zero-order valence-corrected chi connectivity index (χ0v) is 13.5. The summed E-state index contributed by atoms with van der Waals surface area (Å²) < 4.78 is 0. The summed E-state index contributed by atoms with van der Waals surface area (Å²) in [4.78, 5) is 11.7. The molecule has 1 N–H and O–H groups in total. The number of hydrogen-bond acceptors (Lipinski definition) is 2. The lowest BCUT2D eigenvalue weighted by molar-refractivity contribution is -0.121. The van der Waals surface area contributed by atoms with Crippen LogP contribution in [-0.2, 0) is 4.79 Å². The second-order valence-corrected chi connectivity index (χ2v) is 8.31. The molecule has 0 saturated heterocycles. The lowest BCUT2D eigenvalue weighted by Crippen LogP contribution is -2.51. The van der Waals surface area contributed by atoms with Crippen LogP contribution in [0.1, 0.15) is 58.3 Å². The topological polar surface area (TPSA) is 37.3 Å². The Labute approximate surface area is 133 Å². The summed E-state index contributed by atoms with van der Waals surface area (Å²) in [7, 11) is 0. The minimum absolute atomic E-state index is 0.112. The van der Waals surface area contributed by atoms with Gasteiger partial charge in [0.25, 0.3) is 0 Å². The Morgan fingerprint density at radius 1 is 1.27 bits per heavy atom. The Kier molecular flexibility index (Phi) is 3.11. The van der Waals surface area contributed by atoms with E-state index >= 15 is 0 Å². The molecule has 4 rings (SSSR count). The largest absolute Gasteiger partial charge is 0.377 e. The molecule has 0 amide bonds. The van der Waals surface area contributed by atoms with E-state index in [-0.39, 0.29) is 5.41 Å². The quantitative estimate of drug-likeness (QED) is 0.549. The summed E-state index contributed by atoms with van der Waals surface area (Å²) >= 11 is 0. The molecule has 4 aliphatic carbocycles. The van der Waals surface area contributed by atoms with Gasteiger partial charge in [-0.15, -0.1) is 6.42 Å². The fraction of sp³-hybridized carbons (Fsp3) is 0.750. The molecule has 2 nitrogen and oxygen atoms in total. The summed E-state index contributed by atoms with van der Waals surface area (Å²) in [6.07, 6.45) is 15.7. The van der Waals surface area contributed by atoms with Gasteiger partial charge in [0.2, 0.25) is 0 Å². The predicted octanol–water partition coefficient (Wildman–Crippen LogP) is 3.49. The van der Waals surface area contributed by atoms with Crippen LogP contribution < -0.4 is 0 Å². The van der Waals surface area contributed by atoms with Crippen molar-refractivity contribution >= 4 is 5.78 Å². The second-order valence-electron chi connectivity index (χ2n) is 8.31. The molecule has 0 aliphatic heterocycles. The molecule has 0 radical (unpaired) electrons. The van der Waals surface area contributed by atoms with Crippen molar-refractivity contribution in [1.82, 2.24) is 0 Å². The lowest BCUT2D eigenvalue weighted by Gasteiger charge is -2.54. The molecule has 3 saturated carbocycles. The van der Waals surface area contributed by atoms with Gasteiger partial charge in [-0.3, -0.25) is 4.79 Å². The smallest absolute Gasteiger partial charge is 0.136 e. The number of rotatable bonds is 0. The first kappa shape index (κ1) is 14.5. The van der Waals surface area contributed by atoms with Gasteiger partial charge in [-0.05, 0) is 62.2 Å². The van der Waals surface area contributed by atoms with E-state index in [1.807, 2.05) is 0 Å². The number of carbonyl (C=O) groups is 1. The van der Waals surface area contributed by atoms with Crippen molar-refractivity contribution in [2.75, 3.05) is 0 Å². The van der Waals surface area contributed by atoms with Crippen molar-refractivity contribution in [2.45, 2.75) is 63.9 Å². The van der Waals surface area contributed by atoms with E-state index in [4.69, 9.17) is 6.42 Å². The van der Waals surface area contributed by atoms with Gasteiger partial charge in [0.05, 0.1) is 0 Å². The maximum Gasteiger partial charge on any atom is 0.136 e. The summed E-state index contributed by atoms with van der Waals surface area (Å²) in [5, 5.41) is 10.9. The van der Waals surface area contributed by atoms with Crippen LogP contribution in [0, 0.1) is 41.4 Å². The van der Waals surface area contributed by atoms with Gasteiger partial charge in [-0.1, -0.05) is 24.5 Å². The summed E-state index contributed by atoms with van der Waals surface area (Å²) in [6.45, 7) is 2.23. The van der Waals surface area contributed by atoms with E-state index < -0.39 is 5.60 Å². The van der Waals surface area contributed by atoms with E-state index in [0.717, 1.165) is 44.9 Å². The van der Waals surface area contributed by atoms with Crippen molar-refractivity contribution in [2.24, 2.45) is 29.1 Å². The van der Waals surface area contributed by atoms with Crippen molar-refractivity contribution in [3.05, 3.63) is 11.6 Å². The van der Waals surface area contributed by atoms with Crippen LogP contribution in [-0.4, -0.2) is 16.5 Å². The molecule has 6 atom stereocenters. The van der Waals surface area contributed by atoms with Gasteiger partial charge >= 0.3 is 0 Å². The monoisotopic (exact) mass is 298 g/mol. The molecule has 0 aromatic heterocycles. The van der Waals surface area contributed by atoms with Crippen LogP contribution in [0.5, 0.6) is 0 Å². The first-order valence-electron chi connectivity index (χ1n) is 8.89. The molecule has 22 heavy (non-hydrogen) atoms. The van der Waals surface area contributed by atoms with Gasteiger partial charge in [0.15, 0.2) is 0 Å². The first-order valence-corrected chi connectivity index (χ1v) is 8.89. The fourth-order valence-electron chi connectivity index (χ4n) is 6.36. The van der Waals surface area contributed by atoms with E-state index in [2.05, 4.69) is 18.9 Å². The minimum Gasteiger partial charge on any atom is -0.377 e. The van der Waals surface area contributed by atoms with E-state index in [0.29, 0.717) is 35.9 Å². The van der Waals surface area contributed by atoms with Gasteiger partial charge in [-0.2, -0.15) is 0 Å². The Morgan fingerprint density at radius 3 is 2.86 bits per heavy atom. The number of fused-ring (bicyclic) bond motifs is 5. The molecular formula is C20H26O2. The van der Waals surface area contributed by atoms with Crippen LogP contribution in [0.3, 0.4) is 0 Å². The summed E-state index contributed by atoms with van der Waals surface area (Å²) in [5.74, 6) is 5.69. The molecule has 0 bridgehead atoms. The van der Waals surface area contributed by atoms with Crippen LogP contribution in [0.15, 0.2) is 11.6 Å². The standard InChI is InChI=1S/C20H26O2/c1-3-20(22)11-9-18-17-6-4-13-12-14(21)5-7-15(13)16(17)8-10-19(18,20)2/h1,4,15-18,22H,5-12H2,2H3/t15?,16?,17?,18?,19-,20-/m0/s1. The van der Waals surface area contributed by atoms with Crippen LogP contribution in [0.2, 0.25) is 0 Å². The maximum absolute atomic E-state index is 11.7. The van der Waals surface area contributed by atoms with Crippen LogP contribution in [0.25, 0.3) is 0 Å². The molecule has 2 heteroatoms. The maximum atomic E-state index is 11.7. The Bertz CT molecular complexity index is 583. The van der Waals surface area contributed by atoms with Crippen molar-refractivity contribution in [3.8, 4) is 12.3 Å². The number of ketones is 1. The number of allylic oxidation sites excluding steroid dienone is 2. The molecule has 0 heterocycles. The third kappa shape index (κ3) is 1.75. The number of hydrogen-bond donors (Lipinski definition) is 1. The van der Waals surface area contributed by atoms with Gasteiger partial charge in [0.1, 0.15) is 11.4 Å². The zero-order chi connectivity index (χ0) is 15.5. The van der Waals surface area contributed by atoms with Crippen LogP contribution >= 0.6 is 0 Å². The van der Waals surface area contributed by atoms with Gasteiger partial charge in [-0.25, -0.2) is 0 Å². The average Bonchev–Trinajstić information content (AvgIpc) is 2.79. The van der Waals surface area contributed by atoms with Crippen molar-refractivity contribution in [1.29, 1.82) is 0 Å². The second kappa shape index (κ2) is 4.71.